The van der Waals surface area contributed by atoms with Crippen LogP contribution >= 0.6 is 11.3 Å². The molecule has 0 atom stereocenters. The van der Waals surface area contributed by atoms with Gasteiger partial charge in [0.25, 0.3) is 0 Å². The van der Waals surface area contributed by atoms with Crippen LogP contribution in [0.4, 0.5) is 0 Å². The number of aryl methyl sites for hydroxylation is 2. The summed E-state index contributed by atoms with van der Waals surface area (Å²) >= 11 is 1.72. The second kappa shape index (κ2) is 3.93. The number of hydrogen-bond acceptors (Lipinski definition) is 3. The molecule has 0 aliphatic carbocycles. The largest absolute Gasteiger partial charge is 0.260 e. The molecule has 0 radical (unpaired) electrons. The lowest BCUT2D eigenvalue weighted by Crippen LogP contribution is -1.80. The SMILES string of the molecule is Cc1ccccc1-c1nc2ccnc(C)c2s1. The maximum Gasteiger partial charge on any atom is 0.124 e. The molecule has 0 saturated carbocycles. The van der Waals surface area contributed by atoms with E-state index in [1.165, 1.54) is 15.8 Å². The zero-order valence-corrected chi connectivity index (χ0v) is 10.6. The van der Waals surface area contributed by atoms with Crippen molar-refractivity contribution in [3.8, 4) is 10.6 Å². The molecule has 0 aliphatic heterocycles. The van der Waals surface area contributed by atoms with Gasteiger partial charge in [-0.05, 0) is 25.5 Å². The summed E-state index contributed by atoms with van der Waals surface area (Å²) in [5.74, 6) is 0. The lowest BCUT2D eigenvalue weighted by molar-refractivity contribution is 1.24. The van der Waals surface area contributed by atoms with E-state index < -0.39 is 0 Å². The smallest absolute Gasteiger partial charge is 0.124 e. The van der Waals surface area contributed by atoms with Crippen molar-refractivity contribution in [1.82, 2.24) is 9.97 Å². The Labute approximate surface area is 104 Å². The molecule has 0 fully saturated rings. The highest BCUT2D eigenvalue weighted by Crippen LogP contribution is 2.32. The summed E-state index contributed by atoms with van der Waals surface area (Å²) in [6.07, 6.45) is 1.82. The molecule has 84 valence electrons. The number of nitrogens with zero attached hydrogens (tertiary/aromatic N) is 2. The highest BCUT2D eigenvalue weighted by molar-refractivity contribution is 7.21. The van der Waals surface area contributed by atoms with Crippen LogP contribution in [0.5, 0.6) is 0 Å². The van der Waals surface area contributed by atoms with E-state index in [1.807, 2.05) is 19.2 Å². The maximum absolute atomic E-state index is 4.68. The van der Waals surface area contributed by atoms with Gasteiger partial charge < -0.3 is 0 Å². The van der Waals surface area contributed by atoms with Crippen molar-refractivity contribution in [2.75, 3.05) is 0 Å². The van der Waals surface area contributed by atoms with E-state index in [1.54, 1.807) is 11.3 Å². The number of pyridine rings is 1. The Bertz CT molecular complexity index is 686. The third-order valence-corrected chi connectivity index (χ3v) is 4.07. The number of aromatic nitrogens is 2. The van der Waals surface area contributed by atoms with E-state index in [2.05, 4.69) is 41.2 Å². The van der Waals surface area contributed by atoms with Gasteiger partial charge in [0.1, 0.15) is 5.01 Å². The average molecular weight is 240 g/mol. The van der Waals surface area contributed by atoms with Crippen LogP contribution in [0.25, 0.3) is 20.8 Å². The van der Waals surface area contributed by atoms with Gasteiger partial charge in [-0.1, -0.05) is 24.3 Å². The number of benzene rings is 1. The minimum absolute atomic E-state index is 1.04. The first-order chi connectivity index (χ1) is 8.25. The Morgan fingerprint density at radius 2 is 1.88 bits per heavy atom. The standard InChI is InChI=1S/C14H12N2S/c1-9-5-3-4-6-11(9)14-16-12-7-8-15-10(2)13(12)17-14/h3-8H,1-2H3. The third-order valence-electron chi connectivity index (χ3n) is 2.86. The Hall–Kier alpha value is -1.74. The molecule has 2 heterocycles. The maximum atomic E-state index is 4.68. The molecular formula is C14H12N2S. The summed E-state index contributed by atoms with van der Waals surface area (Å²) in [7, 11) is 0. The van der Waals surface area contributed by atoms with E-state index in [4.69, 9.17) is 0 Å². The Kier molecular flexibility index (Phi) is 2.41. The summed E-state index contributed by atoms with van der Waals surface area (Å²) < 4.78 is 1.19. The van der Waals surface area contributed by atoms with Crippen molar-refractivity contribution < 1.29 is 0 Å². The van der Waals surface area contributed by atoms with Crippen LogP contribution in [0.2, 0.25) is 0 Å². The molecule has 0 bridgehead atoms. The molecule has 0 N–H and O–H groups in total. The Balaban J connectivity index is 2.26. The first-order valence-corrected chi connectivity index (χ1v) is 6.35. The predicted octanol–water partition coefficient (Wildman–Crippen LogP) is 3.98. The van der Waals surface area contributed by atoms with Crippen LogP contribution in [0.1, 0.15) is 11.3 Å². The number of thiazole rings is 1. The third kappa shape index (κ3) is 1.72. The molecule has 17 heavy (non-hydrogen) atoms. The summed E-state index contributed by atoms with van der Waals surface area (Å²) in [6.45, 7) is 4.15. The fraction of sp³-hybridized carbons (Fsp3) is 0.143. The molecule has 2 aromatic heterocycles. The topological polar surface area (TPSA) is 25.8 Å². The van der Waals surface area contributed by atoms with Gasteiger partial charge in [-0.15, -0.1) is 11.3 Å². The van der Waals surface area contributed by atoms with Gasteiger partial charge in [-0.3, -0.25) is 4.98 Å². The van der Waals surface area contributed by atoms with Gasteiger partial charge in [0.05, 0.1) is 15.9 Å². The first-order valence-electron chi connectivity index (χ1n) is 5.54. The van der Waals surface area contributed by atoms with Crippen molar-refractivity contribution in [3.63, 3.8) is 0 Å². The highest BCUT2D eigenvalue weighted by Gasteiger charge is 2.09. The van der Waals surface area contributed by atoms with Gasteiger partial charge in [0, 0.05) is 11.8 Å². The molecule has 0 aliphatic rings. The molecule has 1 aromatic carbocycles. The van der Waals surface area contributed by atoms with Crippen LogP contribution in [0.3, 0.4) is 0 Å². The number of fused-ring (bicyclic) bond motifs is 1. The van der Waals surface area contributed by atoms with E-state index in [-0.39, 0.29) is 0 Å². The summed E-state index contributed by atoms with van der Waals surface area (Å²) in [6, 6.07) is 10.3. The number of hydrogen-bond donors (Lipinski definition) is 0. The highest BCUT2D eigenvalue weighted by atomic mass is 32.1. The van der Waals surface area contributed by atoms with Crippen LogP contribution in [0, 0.1) is 13.8 Å². The van der Waals surface area contributed by atoms with Crippen LogP contribution in [-0.2, 0) is 0 Å². The lowest BCUT2D eigenvalue weighted by atomic mass is 10.1. The zero-order valence-electron chi connectivity index (χ0n) is 9.77. The fourth-order valence-corrected chi connectivity index (χ4v) is 3.01. The molecule has 0 amide bonds. The van der Waals surface area contributed by atoms with Crippen molar-refractivity contribution in [1.29, 1.82) is 0 Å². The second-order valence-electron chi connectivity index (χ2n) is 4.08. The van der Waals surface area contributed by atoms with Crippen molar-refractivity contribution >= 4 is 21.6 Å². The predicted molar refractivity (Wildman–Crippen MR) is 72.3 cm³/mol. The number of rotatable bonds is 1. The zero-order chi connectivity index (χ0) is 11.8. The molecule has 0 saturated heterocycles. The average Bonchev–Trinajstić information content (AvgIpc) is 2.75. The van der Waals surface area contributed by atoms with Gasteiger partial charge in [0.2, 0.25) is 0 Å². The van der Waals surface area contributed by atoms with Gasteiger partial charge in [0.15, 0.2) is 0 Å². The van der Waals surface area contributed by atoms with Crippen LogP contribution < -0.4 is 0 Å². The minimum Gasteiger partial charge on any atom is -0.260 e. The van der Waals surface area contributed by atoms with E-state index in [0.29, 0.717) is 0 Å². The quantitative estimate of drug-likeness (QED) is 0.643. The van der Waals surface area contributed by atoms with E-state index >= 15 is 0 Å². The molecule has 3 heteroatoms. The fourth-order valence-electron chi connectivity index (χ4n) is 1.91. The molecule has 0 spiro atoms. The van der Waals surface area contributed by atoms with Gasteiger partial charge in [-0.2, -0.15) is 0 Å². The molecule has 0 unspecified atom stereocenters. The molecular weight excluding hydrogens is 228 g/mol. The normalized spacial score (nSPS) is 10.9. The van der Waals surface area contributed by atoms with Crippen LogP contribution in [0.15, 0.2) is 36.5 Å². The second-order valence-corrected chi connectivity index (χ2v) is 5.08. The molecule has 3 aromatic rings. The summed E-state index contributed by atoms with van der Waals surface area (Å²) in [4.78, 5) is 8.99. The van der Waals surface area contributed by atoms with Crippen molar-refractivity contribution in [2.45, 2.75) is 13.8 Å². The van der Waals surface area contributed by atoms with Gasteiger partial charge in [-0.25, -0.2) is 4.98 Å². The monoisotopic (exact) mass is 240 g/mol. The molecule has 2 nitrogen and oxygen atoms in total. The van der Waals surface area contributed by atoms with Crippen LogP contribution in [-0.4, -0.2) is 9.97 Å². The lowest BCUT2D eigenvalue weighted by Gasteiger charge is -1.99. The Morgan fingerprint density at radius 1 is 1.06 bits per heavy atom. The minimum atomic E-state index is 1.04. The molecule has 3 rings (SSSR count). The summed E-state index contributed by atoms with van der Waals surface area (Å²) in [5.41, 5.74) is 4.57. The van der Waals surface area contributed by atoms with Gasteiger partial charge >= 0.3 is 0 Å². The van der Waals surface area contributed by atoms with Crippen molar-refractivity contribution in [3.05, 3.63) is 47.8 Å². The Morgan fingerprint density at radius 3 is 2.65 bits per heavy atom. The van der Waals surface area contributed by atoms with E-state index in [0.717, 1.165) is 16.2 Å². The van der Waals surface area contributed by atoms with Crippen molar-refractivity contribution in [2.24, 2.45) is 0 Å². The first kappa shape index (κ1) is 10.4. The summed E-state index contributed by atoms with van der Waals surface area (Å²) in [5, 5.41) is 1.08. The van der Waals surface area contributed by atoms with E-state index in [9.17, 15) is 0 Å².